The second-order valence-corrected chi connectivity index (χ2v) is 5.68. The number of ether oxygens (including phenoxy) is 1. The molecule has 0 saturated carbocycles. The highest BCUT2D eigenvalue weighted by Gasteiger charge is 2.40. The summed E-state index contributed by atoms with van der Waals surface area (Å²) in [4.78, 5) is 26.1. The highest BCUT2D eigenvalue weighted by atomic mass is 16.5. The summed E-state index contributed by atoms with van der Waals surface area (Å²) in [7, 11) is 1.60. The Morgan fingerprint density at radius 3 is 2.77 bits per heavy atom. The largest absolute Gasteiger partial charge is 0.496 e. The summed E-state index contributed by atoms with van der Waals surface area (Å²) in [5.41, 5.74) is 6.46. The number of unbranched alkanes of at least 4 members (excludes halogenated alkanes) is 1. The zero-order chi connectivity index (χ0) is 16.1. The van der Waals surface area contributed by atoms with Gasteiger partial charge in [-0.3, -0.25) is 9.59 Å². The van der Waals surface area contributed by atoms with Crippen molar-refractivity contribution in [3.05, 3.63) is 29.8 Å². The van der Waals surface area contributed by atoms with Crippen molar-refractivity contribution in [3.8, 4) is 5.75 Å². The first-order valence-corrected chi connectivity index (χ1v) is 7.81. The third-order valence-electron chi connectivity index (χ3n) is 4.28. The molecule has 1 aliphatic rings. The van der Waals surface area contributed by atoms with Crippen molar-refractivity contribution in [1.29, 1.82) is 0 Å². The van der Waals surface area contributed by atoms with Gasteiger partial charge in [-0.25, -0.2) is 0 Å². The van der Waals surface area contributed by atoms with Crippen LogP contribution in [0, 0.1) is 5.92 Å². The minimum atomic E-state index is -0.370. The van der Waals surface area contributed by atoms with Crippen LogP contribution in [0.25, 0.3) is 0 Å². The Hall–Kier alpha value is -2.04. The van der Waals surface area contributed by atoms with Crippen LogP contribution in [0.5, 0.6) is 5.75 Å². The molecule has 2 rings (SSSR count). The molecular formula is C17H24N2O3. The third kappa shape index (κ3) is 3.24. The molecule has 2 N–H and O–H groups in total. The Kier molecular flexibility index (Phi) is 5.41. The summed E-state index contributed by atoms with van der Waals surface area (Å²) in [5.74, 6) is 0.0487. The van der Waals surface area contributed by atoms with Crippen molar-refractivity contribution in [1.82, 2.24) is 4.90 Å². The van der Waals surface area contributed by atoms with Gasteiger partial charge in [0.05, 0.1) is 19.1 Å². The topological polar surface area (TPSA) is 72.6 Å². The number of likely N-dealkylation sites (tertiary alicyclic amines) is 1. The minimum absolute atomic E-state index is 0.0851. The quantitative estimate of drug-likeness (QED) is 0.876. The fourth-order valence-corrected chi connectivity index (χ4v) is 3.14. The third-order valence-corrected chi connectivity index (χ3v) is 4.28. The average molecular weight is 304 g/mol. The van der Waals surface area contributed by atoms with Crippen LogP contribution in [0.2, 0.25) is 0 Å². The lowest BCUT2D eigenvalue weighted by Crippen LogP contribution is -2.47. The molecular weight excluding hydrogens is 280 g/mol. The van der Waals surface area contributed by atoms with Gasteiger partial charge in [-0.1, -0.05) is 31.5 Å². The lowest BCUT2D eigenvalue weighted by Gasteiger charge is -2.40. The number of carbonyl (C=O) groups is 2. The SMILES string of the molecule is CCCCN1C(=O)CC[C@@H](C(N)=O)[C@@H]1c1ccccc1OC. The molecule has 1 aromatic rings. The van der Waals surface area contributed by atoms with Crippen LogP contribution in [-0.2, 0) is 9.59 Å². The first-order chi connectivity index (χ1) is 10.6. The maximum atomic E-state index is 12.4. The zero-order valence-electron chi connectivity index (χ0n) is 13.2. The van der Waals surface area contributed by atoms with E-state index in [0.29, 0.717) is 25.1 Å². The van der Waals surface area contributed by atoms with Gasteiger partial charge >= 0.3 is 0 Å². The van der Waals surface area contributed by atoms with E-state index in [9.17, 15) is 9.59 Å². The van der Waals surface area contributed by atoms with Gasteiger partial charge in [-0.05, 0) is 18.9 Å². The number of primary amides is 1. The maximum Gasteiger partial charge on any atom is 0.223 e. The standard InChI is InChI=1S/C17H24N2O3/c1-3-4-11-19-15(20)10-9-13(17(18)21)16(19)12-7-5-6-8-14(12)22-2/h5-8,13,16H,3-4,9-11H2,1-2H3,(H2,18,21)/t13-,16+/m1/s1. The zero-order valence-corrected chi connectivity index (χ0v) is 13.2. The molecule has 1 aromatic carbocycles. The van der Waals surface area contributed by atoms with Gasteiger partial charge in [0, 0.05) is 18.5 Å². The van der Waals surface area contributed by atoms with Crippen molar-refractivity contribution in [2.45, 2.75) is 38.6 Å². The number of nitrogens with zero attached hydrogens (tertiary/aromatic N) is 1. The summed E-state index contributed by atoms with van der Waals surface area (Å²) in [6.45, 7) is 2.72. The normalized spacial score (nSPS) is 21.7. The number of piperidine rings is 1. The number of hydrogen-bond donors (Lipinski definition) is 1. The van der Waals surface area contributed by atoms with Crippen LogP contribution in [0.3, 0.4) is 0 Å². The molecule has 1 saturated heterocycles. The van der Waals surface area contributed by atoms with E-state index in [-0.39, 0.29) is 23.8 Å². The van der Waals surface area contributed by atoms with E-state index in [4.69, 9.17) is 10.5 Å². The van der Waals surface area contributed by atoms with Gasteiger partial charge < -0.3 is 15.4 Å². The number of nitrogens with two attached hydrogens (primary N) is 1. The van der Waals surface area contributed by atoms with Gasteiger partial charge in [0.1, 0.15) is 5.75 Å². The van der Waals surface area contributed by atoms with E-state index < -0.39 is 0 Å². The Morgan fingerprint density at radius 1 is 1.41 bits per heavy atom. The van der Waals surface area contributed by atoms with Gasteiger partial charge in [-0.15, -0.1) is 0 Å². The molecule has 0 spiro atoms. The number of methoxy groups -OCH3 is 1. The van der Waals surface area contributed by atoms with E-state index in [0.717, 1.165) is 18.4 Å². The molecule has 120 valence electrons. The number of para-hydroxylation sites is 1. The van der Waals surface area contributed by atoms with Crippen molar-refractivity contribution >= 4 is 11.8 Å². The van der Waals surface area contributed by atoms with Crippen molar-refractivity contribution in [2.75, 3.05) is 13.7 Å². The van der Waals surface area contributed by atoms with Crippen molar-refractivity contribution < 1.29 is 14.3 Å². The minimum Gasteiger partial charge on any atom is -0.496 e. The Labute approximate surface area is 131 Å². The number of carbonyl (C=O) groups excluding carboxylic acids is 2. The summed E-state index contributed by atoms with van der Waals surface area (Å²) >= 11 is 0. The highest BCUT2D eigenvalue weighted by Crippen LogP contribution is 2.40. The molecule has 0 unspecified atom stereocenters. The van der Waals surface area contributed by atoms with Crippen LogP contribution in [0.15, 0.2) is 24.3 Å². The van der Waals surface area contributed by atoms with E-state index in [1.165, 1.54) is 0 Å². The predicted molar refractivity (Wildman–Crippen MR) is 84.3 cm³/mol. The van der Waals surface area contributed by atoms with Crippen LogP contribution in [0.1, 0.15) is 44.2 Å². The van der Waals surface area contributed by atoms with Crippen LogP contribution >= 0.6 is 0 Å². The van der Waals surface area contributed by atoms with Crippen molar-refractivity contribution in [3.63, 3.8) is 0 Å². The molecule has 0 bridgehead atoms. The number of rotatable bonds is 6. The van der Waals surface area contributed by atoms with Crippen LogP contribution in [-0.4, -0.2) is 30.4 Å². The average Bonchev–Trinajstić information content (AvgIpc) is 2.53. The summed E-state index contributed by atoms with van der Waals surface area (Å²) in [6, 6.07) is 7.21. The molecule has 0 aromatic heterocycles. The van der Waals surface area contributed by atoms with E-state index in [2.05, 4.69) is 6.92 Å². The van der Waals surface area contributed by atoms with Gasteiger partial charge in [0.2, 0.25) is 11.8 Å². The van der Waals surface area contributed by atoms with Crippen LogP contribution in [0.4, 0.5) is 0 Å². The fraction of sp³-hybridized carbons (Fsp3) is 0.529. The van der Waals surface area contributed by atoms with Gasteiger partial charge in [0.15, 0.2) is 0 Å². The summed E-state index contributed by atoms with van der Waals surface area (Å²) in [6.07, 6.45) is 2.77. The number of benzene rings is 1. The first kappa shape index (κ1) is 16.3. The molecule has 1 aliphatic heterocycles. The molecule has 0 aliphatic carbocycles. The second-order valence-electron chi connectivity index (χ2n) is 5.68. The molecule has 2 amide bonds. The second kappa shape index (κ2) is 7.29. The molecule has 2 atom stereocenters. The van der Waals surface area contributed by atoms with E-state index in [1.807, 2.05) is 24.3 Å². The first-order valence-electron chi connectivity index (χ1n) is 7.81. The molecule has 0 radical (unpaired) electrons. The Morgan fingerprint density at radius 2 is 2.14 bits per heavy atom. The fourth-order valence-electron chi connectivity index (χ4n) is 3.14. The molecule has 1 fully saturated rings. The Balaban J connectivity index is 2.44. The summed E-state index contributed by atoms with van der Waals surface area (Å²) < 4.78 is 5.42. The van der Waals surface area contributed by atoms with Crippen molar-refractivity contribution in [2.24, 2.45) is 11.7 Å². The van der Waals surface area contributed by atoms with Crippen LogP contribution < -0.4 is 10.5 Å². The lowest BCUT2D eigenvalue weighted by molar-refractivity contribution is -0.142. The number of hydrogen-bond acceptors (Lipinski definition) is 3. The monoisotopic (exact) mass is 304 g/mol. The molecule has 5 nitrogen and oxygen atoms in total. The van der Waals surface area contributed by atoms with Gasteiger partial charge in [-0.2, -0.15) is 0 Å². The summed E-state index contributed by atoms with van der Waals surface area (Å²) in [5, 5.41) is 0. The predicted octanol–water partition coefficient (Wildman–Crippen LogP) is 2.26. The lowest BCUT2D eigenvalue weighted by atomic mass is 9.83. The maximum absolute atomic E-state index is 12.4. The molecule has 22 heavy (non-hydrogen) atoms. The Bertz CT molecular complexity index is 544. The molecule has 1 heterocycles. The van der Waals surface area contributed by atoms with Gasteiger partial charge in [0.25, 0.3) is 0 Å². The smallest absolute Gasteiger partial charge is 0.223 e. The van der Waals surface area contributed by atoms with E-state index >= 15 is 0 Å². The molecule has 5 heteroatoms. The van der Waals surface area contributed by atoms with E-state index in [1.54, 1.807) is 12.0 Å². The number of amides is 2. The highest BCUT2D eigenvalue weighted by molar-refractivity contribution is 5.84.